The van der Waals surface area contributed by atoms with Crippen LogP contribution in [0.5, 0.6) is 0 Å². The molecule has 0 saturated carbocycles. The normalized spacial score (nSPS) is 26.4. The number of nitrogens with zero attached hydrogens (tertiary/aromatic N) is 1. The largest absolute Gasteiger partial charge is 0.371 e. The summed E-state index contributed by atoms with van der Waals surface area (Å²) in [6.45, 7) is 1.15. The molecule has 0 spiro atoms. The van der Waals surface area contributed by atoms with E-state index in [0.29, 0.717) is 17.6 Å². The highest BCUT2D eigenvalue weighted by Gasteiger charge is 2.36. The SMILES string of the molecule is O=C(c1ccc(Br)cc1F)N1CC2CCC(C1)O2. The molecule has 96 valence electrons. The number of rotatable bonds is 1. The van der Waals surface area contributed by atoms with Gasteiger partial charge in [0, 0.05) is 17.6 Å². The van der Waals surface area contributed by atoms with Gasteiger partial charge in [0.15, 0.2) is 0 Å². The standard InChI is InChI=1S/C13H13BrFNO2/c14-8-1-4-11(12(15)5-8)13(17)16-6-9-2-3-10(7-16)18-9/h1,4-5,9-10H,2-3,6-7H2. The first-order chi connectivity index (χ1) is 8.63. The van der Waals surface area contributed by atoms with Crippen LogP contribution in [-0.4, -0.2) is 36.1 Å². The lowest BCUT2D eigenvalue weighted by Gasteiger charge is -2.32. The van der Waals surface area contributed by atoms with Gasteiger partial charge in [0.25, 0.3) is 5.91 Å². The molecule has 0 radical (unpaired) electrons. The number of halogens is 2. The molecule has 1 aromatic carbocycles. The van der Waals surface area contributed by atoms with Crippen LogP contribution in [0, 0.1) is 5.82 Å². The van der Waals surface area contributed by atoms with Crippen molar-refractivity contribution in [2.75, 3.05) is 13.1 Å². The fourth-order valence-electron chi connectivity index (χ4n) is 2.61. The first kappa shape index (κ1) is 12.1. The molecule has 2 aliphatic rings. The van der Waals surface area contributed by atoms with Crippen molar-refractivity contribution < 1.29 is 13.9 Å². The summed E-state index contributed by atoms with van der Waals surface area (Å²) in [4.78, 5) is 14.0. The third kappa shape index (κ3) is 2.17. The molecule has 1 aromatic rings. The van der Waals surface area contributed by atoms with Gasteiger partial charge in [0.05, 0.1) is 17.8 Å². The average Bonchev–Trinajstić information content (AvgIpc) is 2.67. The minimum absolute atomic E-state index is 0.131. The Balaban J connectivity index is 1.82. The van der Waals surface area contributed by atoms with E-state index in [1.54, 1.807) is 11.0 Å². The summed E-state index contributed by atoms with van der Waals surface area (Å²) in [7, 11) is 0. The van der Waals surface area contributed by atoms with Crippen molar-refractivity contribution in [2.45, 2.75) is 25.0 Å². The molecular formula is C13H13BrFNO2. The van der Waals surface area contributed by atoms with Gasteiger partial charge in [-0.2, -0.15) is 0 Å². The van der Waals surface area contributed by atoms with Gasteiger partial charge in [0.1, 0.15) is 5.82 Å². The number of hydrogen-bond acceptors (Lipinski definition) is 2. The molecule has 18 heavy (non-hydrogen) atoms. The molecule has 3 rings (SSSR count). The molecule has 5 heteroatoms. The number of carbonyl (C=O) groups is 1. The van der Waals surface area contributed by atoms with E-state index in [0.717, 1.165) is 12.8 Å². The Labute approximate surface area is 113 Å². The van der Waals surface area contributed by atoms with E-state index in [2.05, 4.69) is 15.9 Å². The Bertz CT molecular complexity index is 482. The molecule has 2 unspecified atom stereocenters. The summed E-state index contributed by atoms with van der Waals surface area (Å²) in [6.07, 6.45) is 2.26. The minimum Gasteiger partial charge on any atom is -0.371 e. The van der Waals surface area contributed by atoms with E-state index in [9.17, 15) is 9.18 Å². The molecule has 2 aliphatic heterocycles. The number of morpholine rings is 1. The van der Waals surface area contributed by atoms with Gasteiger partial charge < -0.3 is 9.64 Å². The molecular weight excluding hydrogens is 301 g/mol. The van der Waals surface area contributed by atoms with Crippen LogP contribution in [0.25, 0.3) is 0 Å². The molecule has 3 nitrogen and oxygen atoms in total. The van der Waals surface area contributed by atoms with Crippen molar-refractivity contribution in [3.8, 4) is 0 Å². The van der Waals surface area contributed by atoms with E-state index in [-0.39, 0.29) is 23.7 Å². The summed E-state index contributed by atoms with van der Waals surface area (Å²) in [6, 6.07) is 4.53. The van der Waals surface area contributed by atoms with Crippen molar-refractivity contribution in [1.29, 1.82) is 0 Å². The predicted octanol–water partition coefficient (Wildman–Crippen LogP) is 2.59. The summed E-state index contributed by atoms with van der Waals surface area (Å²) in [5.74, 6) is -0.714. The van der Waals surface area contributed by atoms with E-state index < -0.39 is 5.82 Å². The van der Waals surface area contributed by atoms with Gasteiger partial charge in [-0.05, 0) is 31.0 Å². The summed E-state index contributed by atoms with van der Waals surface area (Å²) in [5.41, 5.74) is 0.138. The summed E-state index contributed by atoms with van der Waals surface area (Å²) >= 11 is 3.19. The lowest BCUT2D eigenvalue weighted by atomic mass is 10.1. The Morgan fingerprint density at radius 3 is 2.61 bits per heavy atom. The van der Waals surface area contributed by atoms with Crippen molar-refractivity contribution >= 4 is 21.8 Å². The third-order valence-corrected chi connectivity index (χ3v) is 3.99. The van der Waals surface area contributed by atoms with Gasteiger partial charge in [-0.25, -0.2) is 4.39 Å². The Morgan fingerprint density at radius 2 is 2.00 bits per heavy atom. The molecule has 1 amide bonds. The van der Waals surface area contributed by atoms with Crippen molar-refractivity contribution in [1.82, 2.24) is 4.90 Å². The summed E-state index contributed by atoms with van der Waals surface area (Å²) < 4.78 is 20.1. The number of fused-ring (bicyclic) bond motifs is 2. The average molecular weight is 314 g/mol. The van der Waals surface area contributed by atoms with Crippen LogP contribution in [0.4, 0.5) is 4.39 Å². The number of carbonyl (C=O) groups excluding carboxylic acids is 1. The van der Waals surface area contributed by atoms with E-state index in [1.807, 2.05) is 0 Å². The fourth-order valence-corrected chi connectivity index (χ4v) is 2.95. The smallest absolute Gasteiger partial charge is 0.257 e. The number of likely N-dealkylation sites (tertiary alicyclic amines) is 1. The molecule has 0 aliphatic carbocycles. The highest BCUT2D eigenvalue weighted by molar-refractivity contribution is 9.10. The van der Waals surface area contributed by atoms with Crippen LogP contribution < -0.4 is 0 Å². The fraction of sp³-hybridized carbons (Fsp3) is 0.462. The number of ether oxygens (including phenoxy) is 1. The number of amides is 1. The molecule has 2 bridgehead atoms. The minimum atomic E-state index is -0.479. The first-order valence-electron chi connectivity index (χ1n) is 6.03. The van der Waals surface area contributed by atoms with Crippen LogP contribution in [0.2, 0.25) is 0 Å². The molecule has 2 saturated heterocycles. The zero-order valence-corrected chi connectivity index (χ0v) is 11.3. The molecule has 2 fully saturated rings. The Kier molecular flexibility index (Phi) is 3.11. The summed E-state index contributed by atoms with van der Waals surface area (Å²) in [5, 5.41) is 0. The van der Waals surface area contributed by atoms with Crippen molar-refractivity contribution in [3.05, 3.63) is 34.1 Å². The van der Waals surface area contributed by atoms with Gasteiger partial charge >= 0.3 is 0 Å². The molecule has 0 aromatic heterocycles. The topological polar surface area (TPSA) is 29.5 Å². The molecule has 2 atom stereocenters. The maximum Gasteiger partial charge on any atom is 0.257 e. The second kappa shape index (κ2) is 4.63. The van der Waals surface area contributed by atoms with Crippen LogP contribution >= 0.6 is 15.9 Å². The zero-order valence-electron chi connectivity index (χ0n) is 9.73. The van der Waals surface area contributed by atoms with Crippen LogP contribution in [-0.2, 0) is 4.74 Å². The quantitative estimate of drug-likeness (QED) is 0.797. The van der Waals surface area contributed by atoms with Crippen LogP contribution in [0.3, 0.4) is 0 Å². The van der Waals surface area contributed by atoms with E-state index in [4.69, 9.17) is 4.74 Å². The van der Waals surface area contributed by atoms with E-state index in [1.165, 1.54) is 12.1 Å². The van der Waals surface area contributed by atoms with Crippen molar-refractivity contribution in [3.63, 3.8) is 0 Å². The molecule has 2 heterocycles. The maximum atomic E-state index is 13.8. The first-order valence-corrected chi connectivity index (χ1v) is 6.82. The van der Waals surface area contributed by atoms with Crippen molar-refractivity contribution in [2.24, 2.45) is 0 Å². The molecule has 0 N–H and O–H groups in total. The lowest BCUT2D eigenvalue weighted by molar-refractivity contribution is -0.0304. The van der Waals surface area contributed by atoms with Gasteiger partial charge in [-0.15, -0.1) is 0 Å². The second-order valence-corrected chi connectivity index (χ2v) is 5.71. The van der Waals surface area contributed by atoms with Crippen LogP contribution in [0.15, 0.2) is 22.7 Å². The third-order valence-electron chi connectivity index (χ3n) is 3.49. The number of hydrogen-bond donors (Lipinski definition) is 0. The maximum absolute atomic E-state index is 13.8. The van der Waals surface area contributed by atoms with Gasteiger partial charge in [-0.3, -0.25) is 4.79 Å². The number of benzene rings is 1. The lowest BCUT2D eigenvalue weighted by Crippen LogP contribution is -2.46. The van der Waals surface area contributed by atoms with Gasteiger partial charge in [0.2, 0.25) is 0 Å². The van der Waals surface area contributed by atoms with Gasteiger partial charge in [-0.1, -0.05) is 15.9 Å². The Morgan fingerprint density at radius 1 is 1.33 bits per heavy atom. The second-order valence-electron chi connectivity index (χ2n) is 4.79. The van der Waals surface area contributed by atoms with E-state index >= 15 is 0 Å². The predicted molar refractivity (Wildman–Crippen MR) is 67.9 cm³/mol. The van der Waals surface area contributed by atoms with Crippen LogP contribution in [0.1, 0.15) is 23.2 Å². The zero-order chi connectivity index (χ0) is 12.7. The highest BCUT2D eigenvalue weighted by atomic mass is 79.9. The monoisotopic (exact) mass is 313 g/mol. The Hall–Kier alpha value is -0.940. The highest BCUT2D eigenvalue weighted by Crippen LogP contribution is 2.27.